The van der Waals surface area contributed by atoms with Crippen molar-refractivity contribution in [2.45, 2.75) is 51.6 Å². The largest absolute Gasteiger partial charge is 0.393 e. The third-order valence-corrected chi connectivity index (χ3v) is 2.08. The molecular formula is C9H19ClO. The van der Waals surface area contributed by atoms with E-state index in [0.717, 1.165) is 25.7 Å². The van der Waals surface area contributed by atoms with Gasteiger partial charge in [0.15, 0.2) is 0 Å². The average molecular weight is 179 g/mol. The molecule has 0 aromatic carbocycles. The van der Waals surface area contributed by atoms with Crippen molar-refractivity contribution >= 4 is 11.6 Å². The van der Waals surface area contributed by atoms with Crippen LogP contribution in [0.25, 0.3) is 0 Å². The first-order valence-corrected chi connectivity index (χ1v) is 5.08. The molecule has 0 aliphatic carbocycles. The van der Waals surface area contributed by atoms with E-state index in [1.165, 1.54) is 12.8 Å². The van der Waals surface area contributed by atoms with E-state index in [0.29, 0.717) is 5.88 Å². The molecule has 2 heteroatoms. The Morgan fingerprint density at radius 1 is 1.18 bits per heavy atom. The first kappa shape index (κ1) is 11.2. The number of hydrogen-bond donors (Lipinski definition) is 1. The number of aliphatic hydroxyl groups is 1. The second kappa shape index (κ2) is 8.35. The van der Waals surface area contributed by atoms with Crippen LogP contribution in [-0.4, -0.2) is 17.1 Å². The highest BCUT2D eigenvalue weighted by Crippen LogP contribution is 2.08. The van der Waals surface area contributed by atoms with Crippen LogP contribution in [0.4, 0.5) is 0 Å². The van der Waals surface area contributed by atoms with Gasteiger partial charge in [-0.15, -0.1) is 11.6 Å². The Kier molecular flexibility index (Phi) is 8.54. The molecule has 0 amide bonds. The van der Waals surface area contributed by atoms with Crippen LogP contribution in [0.15, 0.2) is 0 Å². The Balaban J connectivity index is 3.02. The van der Waals surface area contributed by atoms with Crippen LogP contribution < -0.4 is 0 Å². The van der Waals surface area contributed by atoms with Crippen LogP contribution in [0.5, 0.6) is 0 Å². The monoisotopic (exact) mass is 178 g/mol. The lowest BCUT2D eigenvalue weighted by Crippen LogP contribution is -2.05. The molecule has 0 aliphatic heterocycles. The van der Waals surface area contributed by atoms with Crippen molar-refractivity contribution in [2.75, 3.05) is 5.88 Å². The summed E-state index contributed by atoms with van der Waals surface area (Å²) in [5.74, 6) is 0.671. The Morgan fingerprint density at radius 2 is 1.82 bits per heavy atom. The van der Waals surface area contributed by atoms with Gasteiger partial charge < -0.3 is 5.11 Å². The highest BCUT2D eigenvalue weighted by Gasteiger charge is 2.01. The molecule has 0 aromatic rings. The zero-order chi connectivity index (χ0) is 8.53. The lowest BCUT2D eigenvalue weighted by molar-refractivity contribution is 0.150. The second-order valence-corrected chi connectivity index (χ2v) is 3.36. The molecule has 11 heavy (non-hydrogen) atoms. The van der Waals surface area contributed by atoms with Crippen LogP contribution in [0.3, 0.4) is 0 Å². The minimum absolute atomic E-state index is 0.111. The standard InChI is InChI=1S/C9H19ClO/c1-2-3-4-6-9(11)7-5-8-10/h9,11H,2-8H2,1H3/t9-/m1/s1. The quantitative estimate of drug-likeness (QED) is 0.470. The van der Waals surface area contributed by atoms with E-state index in [9.17, 15) is 5.11 Å². The lowest BCUT2D eigenvalue weighted by Gasteiger charge is -2.07. The Morgan fingerprint density at radius 3 is 2.36 bits per heavy atom. The molecule has 0 heterocycles. The van der Waals surface area contributed by atoms with Gasteiger partial charge >= 0.3 is 0 Å². The topological polar surface area (TPSA) is 20.2 Å². The van der Waals surface area contributed by atoms with E-state index in [1.807, 2.05) is 0 Å². The van der Waals surface area contributed by atoms with Crippen molar-refractivity contribution in [1.82, 2.24) is 0 Å². The van der Waals surface area contributed by atoms with Gasteiger partial charge in [-0.25, -0.2) is 0 Å². The highest BCUT2D eigenvalue weighted by molar-refractivity contribution is 6.17. The fourth-order valence-electron chi connectivity index (χ4n) is 1.09. The normalized spacial score (nSPS) is 13.4. The molecule has 1 N–H and O–H groups in total. The summed E-state index contributed by atoms with van der Waals surface area (Å²) in [6, 6.07) is 0. The third-order valence-electron chi connectivity index (χ3n) is 1.81. The number of aliphatic hydroxyl groups excluding tert-OH is 1. The summed E-state index contributed by atoms with van der Waals surface area (Å²) >= 11 is 5.50. The van der Waals surface area contributed by atoms with E-state index in [-0.39, 0.29) is 6.10 Å². The van der Waals surface area contributed by atoms with Crippen LogP contribution in [0.2, 0.25) is 0 Å². The van der Waals surface area contributed by atoms with Crippen molar-refractivity contribution in [3.05, 3.63) is 0 Å². The average Bonchev–Trinajstić information content (AvgIpc) is 2.01. The number of rotatable bonds is 7. The molecule has 1 atom stereocenters. The number of unbranched alkanes of at least 4 members (excludes halogenated alkanes) is 2. The Bertz CT molecular complexity index is 76.0. The molecule has 0 aromatic heterocycles. The van der Waals surface area contributed by atoms with Crippen LogP contribution in [0, 0.1) is 0 Å². The highest BCUT2D eigenvalue weighted by atomic mass is 35.5. The molecule has 0 radical (unpaired) electrons. The number of halogens is 1. The Hall–Kier alpha value is 0.250. The summed E-state index contributed by atoms with van der Waals surface area (Å²) in [7, 11) is 0. The van der Waals surface area contributed by atoms with Gasteiger partial charge in [0.05, 0.1) is 6.10 Å². The summed E-state index contributed by atoms with van der Waals surface area (Å²) in [4.78, 5) is 0. The maximum atomic E-state index is 9.35. The van der Waals surface area contributed by atoms with Gasteiger partial charge in [-0.3, -0.25) is 0 Å². The summed E-state index contributed by atoms with van der Waals surface area (Å²) in [5, 5.41) is 9.35. The van der Waals surface area contributed by atoms with Crippen molar-refractivity contribution in [1.29, 1.82) is 0 Å². The maximum Gasteiger partial charge on any atom is 0.0540 e. The molecular weight excluding hydrogens is 160 g/mol. The SMILES string of the molecule is CCCCC[C@@H](O)CCCCl. The predicted octanol–water partition coefficient (Wildman–Crippen LogP) is 2.95. The lowest BCUT2D eigenvalue weighted by atomic mass is 10.1. The van der Waals surface area contributed by atoms with Crippen molar-refractivity contribution in [3.63, 3.8) is 0 Å². The van der Waals surface area contributed by atoms with E-state index in [2.05, 4.69) is 6.92 Å². The summed E-state index contributed by atoms with van der Waals surface area (Å²) in [6.07, 6.45) is 6.26. The summed E-state index contributed by atoms with van der Waals surface area (Å²) < 4.78 is 0. The van der Waals surface area contributed by atoms with E-state index in [1.54, 1.807) is 0 Å². The van der Waals surface area contributed by atoms with Gasteiger partial charge in [0.1, 0.15) is 0 Å². The van der Waals surface area contributed by atoms with Crippen LogP contribution >= 0.6 is 11.6 Å². The third kappa shape index (κ3) is 8.15. The van der Waals surface area contributed by atoms with Gasteiger partial charge in [0.25, 0.3) is 0 Å². The molecule has 68 valence electrons. The molecule has 0 unspecified atom stereocenters. The zero-order valence-corrected chi connectivity index (χ0v) is 8.11. The summed E-state index contributed by atoms with van der Waals surface area (Å²) in [5.41, 5.74) is 0. The molecule has 0 bridgehead atoms. The van der Waals surface area contributed by atoms with E-state index < -0.39 is 0 Å². The molecule has 0 rings (SSSR count). The minimum atomic E-state index is -0.111. The Labute approximate surface area is 74.8 Å². The number of hydrogen-bond acceptors (Lipinski definition) is 1. The molecule has 0 fully saturated rings. The summed E-state index contributed by atoms with van der Waals surface area (Å²) in [6.45, 7) is 2.17. The van der Waals surface area contributed by atoms with Crippen molar-refractivity contribution < 1.29 is 5.11 Å². The molecule has 0 aliphatic rings. The van der Waals surface area contributed by atoms with Crippen LogP contribution in [-0.2, 0) is 0 Å². The van der Waals surface area contributed by atoms with E-state index >= 15 is 0 Å². The predicted molar refractivity (Wildman–Crippen MR) is 50.1 cm³/mol. The smallest absolute Gasteiger partial charge is 0.0540 e. The first-order chi connectivity index (χ1) is 5.31. The van der Waals surface area contributed by atoms with E-state index in [4.69, 9.17) is 11.6 Å². The van der Waals surface area contributed by atoms with Gasteiger partial charge in [-0.1, -0.05) is 26.2 Å². The molecule has 0 saturated heterocycles. The molecule has 0 saturated carbocycles. The van der Waals surface area contributed by atoms with Gasteiger partial charge in [-0.05, 0) is 19.3 Å². The first-order valence-electron chi connectivity index (χ1n) is 4.55. The zero-order valence-electron chi connectivity index (χ0n) is 7.35. The van der Waals surface area contributed by atoms with Gasteiger partial charge in [0, 0.05) is 5.88 Å². The van der Waals surface area contributed by atoms with Crippen molar-refractivity contribution in [2.24, 2.45) is 0 Å². The fraction of sp³-hybridized carbons (Fsp3) is 1.00. The van der Waals surface area contributed by atoms with Gasteiger partial charge in [-0.2, -0.15) is 0 Å². The van der Waals surface area contributed by atoms with Crippen molar-refractivity contribution in [3.8, 4) is 0 Å². The fourth-order valence-corrected chi connectivity index (χ4v) is 1.24. The van der Waals surface area contributed by atoms with Gasteiger partial charge in [0.2, 0.25) is 0 Å². The second-order valence-electron chi connectivity index (χ2n) is 2.98. The van der Waals surface area contributed by atoms with Crippen LogP contribution in [0.1, 0.15) is 45.4 Å². The minimum Gasteiger partial charge on any atom is -0.393 e. The molecule has 1 nitrogen and oxygen atoms in total. The number of alkyl halides is 1. The maximum absolute atomic E-state index is 9.35. The molecule has 0 spiro atoms.